The fourth-order valence-corrected chi connectivity index (χ4v) is 4.24. The van der Waals surface area contributed by atoms with E-state index in [1.54, 1.807) is 7.11 Å². The lowest BCUT2D eigenvalue weighted by Gasteiger charge is -2.38. The standard InChI is InChI=1S/C24H27N3O3/c1-17-3-8-21-22(25-17)9-10-23-24(21)30-20(16-29-23)15-26-11-13-27(14-12-26)18-4-6-19(28-2)7-5-18/h3-10,20H,11-16H2,1-2H3/t20-/m0/s1. The molecule has 2 aromatic carbocycles. The largest absolute Gasteiger partial charge is 0.497 e. The molecule has 6 nitrogen and oxygen atoms in total. The molecular formula is C24H27N3O3. The summed E-state index contributed by atoms with van der Waals surface area (Å²) in [5.74, 6) is 2.53. The van der Waals surface area contributed by atoms with Gasteiger partial charge in [-0.05, 0) is 55.5 Å². The zero-order valence-corrected chi connectivity index (χ0v) is 17.5. The van der Waals surface area contributed by atoms with E-state index in [1.165, 1.54) is 5.69 Å². The fraction of sp³-hybridized carbons (Fsp3) is 0.375. The van der Waals surface area contributed by atoms with Crippen LogP contribution in [0.2, 0.25) is 0 Å². The average Bonchev–Trinajstić information content (AvgIpc) is 2.79. The Morgan fingerprint density at radius 3 is 2.57 bits per heavy atom. The topological polar surface area (TPSA) is 47.1 Å². The summed E-state index contributed by atoms with van der Waals surface area (Å²) in [7, 11) is 1.70. The van der Waals surface area contributed by atoms with Gasteiger partial charge in [0.25, 0.3) is 0 Å². The zero-order valence-electron chi connectivity index (χ0n) is 17.5. The van der Waals surface area contributed by atoms with Crippen molar-refractivity contribution in [1.82, 2.24) is 9.88 Å². The van der Waals surface area contributed by atoms with Crippen LogP contribution in [0.25, 0.3) is 10.9 Å². The molecule has 6 heteroatoms. The number of rotatable bonds is 4. The smallest absolute Gasteiger partial charge is 0.171 e. The molecule has 0 saturated carbocycles. The number of methoxy groups -OCH3 is 1. The molecule has 0 bridgehead atoms. The molecule has 3 aromatic rings. The van der Waals surface area contributed by atoms with Crippen molar-refractivity contribution in [3.05, 3.63) is 54.2 Å². The Hall–Kier alpha value is -2.99. The van der Waals surface area contributed by atoms with Crippen LogP contribution in [0.15, 0.2) is 48.5 Å². The van der Waals surface area contributed by atoms with Crippen molar-refractivity contribution >= 4 is 16.6 Å². The molecular weight excluding hydrogens is 378 g/mol. The van der Waals surface area contributed by atoms with E-state index in [1.807, 2.05) is 37.3 Å². The molecule has 0 spiro atoms. The van der Waals surface area contributed by atoms with Gasteiger partial charge in [0, 0.05) is 49.5 Å². The fourth-order valence-electron chi connectivity index (χ4n) is 4.24. The van der Waals surface area contributed by atoms with Crippen LogP contribution in [-0.4, -0.2) is 62.4 Å². The molecule has 1 fully saturated rings. The van der Waals surface area contributed by atoms with Crippen molar-refractivity contribution in [3.8, 4) is 17.2 Å². The summed E-state index contributed by atoms with van der Waals surface area (Å²) in [6.45, 7) is 7.47. The SMILES string of the molecule is COc1ccc(N2CCN(C[C@H]3COc4ccc5nc(C)ccc5c4O3)CC2)cc1. The Balaban J connectivity index is 1.22. The molecule has 2 aliphatic heterocycles. The zero-order chi connectivity index (χ0) is 20.5. The highest BCUT2D eigenvalue weighted by Gasteiger charge is 2.27. The lowest BCUT2D eigenvalue weighted by molar-refractivity contribution is 0.0587. The van der Waals surface area contributed by atoms with Gasteiger partial charge >= 0.3 is 0 Å². The van der Waals surface area contributed by atoms with Crippen LogP contribution in [0.4, 0.5) is 5.69 Å². The maximum Gasteiger partial charge on any atom is 0.171 e. The van der Waals surface area contributed by atoms with Gasteiger partial charge < -0.3 is 19.1 Å². The minimum absolute atomic E-state index is 0.0249. The molecule has 0 amide bonds. The van der Waals surface area contributed by atoms with Crippen molar-refractivity contribution in [1.29, 1.82) is 0 Å². The number of aryl methyl sites for hydroxylation is 1. The predicted octanol–water partition coefficient (Wildman–Crippen LogP) is 3.51. The summed E-state index contributed by atoms with van der Waals surface area (Å²) in [5.41, 5.74) is 3.20. The van der Waals surface area contributed by atoms with Crippen LogP contribution in [-0.2, 0) is 0 Å². The number of aromatic nitrogens is 1. The molecule has 0 N–H and O–H groups in total. The second-order valence-corrected chi connectivity index (χ2v) is 7.95. The van der Waals surface area contributed by atoms with Crippen molar-refractivity contribution in [2.45, 2.75) is 13.0 Å². The lowest BCUT2D eigenvalue weighted by Crippen LogP contribution is -2.50. The highest BCUT2D eigenvalue weighted by atomic mass is 16.6. The number of nitrogens with zero attached hydrogens (tertiary/aromatic N) is 3. The van der Waals surface area contributed by atoms with Crippen LogP contribution in [0.1, 0.15) is 5.69 Å². The first-order chi connectivity index (χ1) is 14.7. The van der Waals surface area contributed by atoms with E-state index in [-0.39, 0.29) is 6.10 Å². The van der Waals surface area contributed by atoms with Gasteiger partial charge in [0.2, 0.25) is 0 Å². The van der Waals surface area contributed by atoms with Crippen molar-refractivity contribution in [2.24, 2.45) is 0 Å². The summed E-state index contributed by atoms with van der Waals surface area (Å²) in [4.78, 5) is 9.50. The van der Waals surface area contributed by atoms with Gasteiger partial charge in [-0.1, -0.05) is 0 Å². The van der Waals surface area contributed by atoms with E-state index in [9.17, 15) is 0 Å². The quantitative estimate of drug-likeness (QED) is 0.662. The number of pyridine rings is 1. The average molecular weight is 405 g/mol. The highest BCUT2D eigenvalue weighted by molar-refractivity contribution is 5.88. The van der Waals surface area contributed by atoms with E-state index in [0.29, 0.717) is 6.61 Å². The van der Waals surface area contributed by atoms with Gasteiger partial charge in [-0.2, -0.15) is 0 Å². The van der Waals surface area contributed by atoms with E-state index < -0.39 is 0 Å². The third-order valence-electron chi connectivity index (χ3n) is 5.91. The molecule has 0 unspecified atom stereocenters. The Morgan fingerprint density at radius 1 is 1.00 bits per heavy atom. The number of hydrogen-bond acceptors (Lipinski definition) is 6. The van der Waals surface area contributed by atoms with E-state index in [0.717, 1.165) is 66.6 Å². The van der Waals surface area contributed by atoms with Gasteiger partial charge in [-0.3, -0.25) is 9.88 Å². The van der Waals surface area contributed by atoms with E-state index in [2.05, 4.69) is 33.0 Å². The van der Waals surface area contributed by atoms with E-state index in [4.69, 9.17) is 14.2 Å². The molecule has 0 aliphatic carbocycles. The third-order valence-corrected chi connectivity index (χ3v) is 5.91. The maximum atomic E-state index is 6.39. The van der Waals surface area contributed by atoms with Crippen LogP contribution in [0.3, 0.4) is 0 Å². The third kappa shape index (κ3) is 3.75. The Labute approximate surface area is 177 Å². The van der Waals surface area contributed by atoms with Crippen LogP contribution in [0, 0.1) is 6.92 Å². The Morgan fingerprint density at radius 2 is 1.80 bits per heavy atom. The Bertz CT molecular complexity index is 1030. The minimum Gasteiger partial charge on any atom is -0.497 e. The first kappa shape index (κ1) is 19.0. The summed E-state index contributed by atoms with van der Waals surface area (Å²) < 4.78 is 17.7. The van der Waals surface area contributed by atoms with Crippen LogP contribution < -0.4 is 19.1 Å². The number of piperazine rings is 1. The molecule has 5 rings (SSSR count). The monoisotopic (exact) mass is 405 g/mol. The normalized spacial score (nSPS) is 19.1. The van der Waals surface area contributed by atoms with Crippen molar-refractivity contribution < 1.29 is 14.2 Å². The summed E-state index contributed by atoms with van der Waals surface area (Å²) in [6, 6.07) is 16.4. The first-order valence-electron chi connectivity index (χ1n) is 10.5. The van der Waals surface area contributed by atoms with Crippen LogP contribution in [0.5, 0.6) is 17.2 Å². The van der Waals surface area contributed by atoms with Crippen LogP contribution >= 0.6 is 0 Å². The number of anilines is 1. The summed E-state index contributed by atoms with van der Waals surface area (Å²) in [5, 5.41) is 1.02. The molecule has 2 aliphatic rings. The predicted molar refractivity (Wildman–Crippen MR) is 118 cm³/mol. The molecule has 1 atom stereocenters. The number of hydrogen-bond donors (Lipinski definition) is 0. The number of benzene rings is 2. The first-order valence-corrected chi connectivity index (χ1v) is 10.5. The van der Waals surface area contributed by atoms with Crippen molar-refractivity contribution in [3.63, 3.8) is 0 Å². The summed E-state index contributed by atoms with van der Waals surface area (Å²) in [6.07, 6.45) is 0.0249. The van der Waals surface area contributed by atoms with E-state index >= 15 is 0 Å². The summed E-state index contributed by atoms with van der Waals surface area (Å²) >= 11 is 0. The van der Waals surface area contributed by atoms with Gasteiger partial charge in [0.1, 0.15) is 18.5 Å². The highest BCUT2D eigenvalue weighted by Crippen LogP contribution is 2.38. The Kier molecular flexibility index (Phi) is 5.09. The van der Waals surface area contributed by atoms with Gasteiger partial charge in [-0.25, -0.2) is 0 Å². The maximum absolute atomic E-state index is 6.39. The minimum atomic E-state index is 0.0249. The molecule has 1 aromatic heterocycles. The molecule has 156 valence electrons. The molecule has 3 heterocycles. The molecule has 0 radical (unpaired) electrons. The van der Waals surface area contributed by atoms with Crippen molar-refractivity contribution in [2.75, 3.05) is 51.3 Å². The number of ether oxygens (including phenoxy) is 3. The van der Waals surface area contributed by atoms with Gasteiger partial charge in [0.05, 0.1) is 12.6 Å². The lowest BCUT2D eigenvalue weighted by atomic mass is 10.1. The second-order valence-electron chi connectivity index (χ2n) is 7.95. The second kappa shape index (κ2) is 8.03. The number of fused-ring (bicyclic) bond motifs is 3. The van der Waals surface area contributed by atoms with Gasteiger partial charge in [0.15, 0.2) is 11.5 Å². The molecule has 30 heavy (non-hydrogen) atoms. The molecule has 1 saturated heterocycles. The van der Waals surface area contributed by atoms with Gasteiger partial charge in [-0.15, -0.1) is 0 Å².